The van der Waals surface area contributed by atoms with Crippen LogP contribution in [0.2, 0.25) is 0 Å². The quantitative estimate of drug-likeness (QED) is 0.196. The molecule has 3 N–H and O–H groups in total. The monoisotopic (exact) mass is 514 g/mol. The van der Waals surface area contributed by atoms with E-state index in [1.54, 1.807) is 6.20 Å². The van der Waals surface area contributed by atoms with Crippen LogP contribution in [0, 0.1) is 0 Å². The molecule has 6 nitrogen and oxygen atoms in total. The molecule has 0 amide bonds. The summed E-state index contributed by atoms with van der Waals surface area (Å²) in [5.41, 5.74) is 4.71. The number of nitrogens with one attached hydrogen (secondary N) is 3. The molecule has 0 radical (unpaired) electrons. The van der Waals surface area contributed by atoms with Crippen LogP contribution in [0.15, 0.2) is 78.0 Å². The molecule has 0 fully saturated rings. The average Bonchev–Trinajstić information content (AvgIpc) is 3.40. The average molecular weight is 514 g/mol. The minimum absolute atomic E-state index is 0. The molecule has 4 rings (SSSR count). The zero-order valence-electron chi connectivity index (χ0n) is 17.0. The summed E-state index contributed by atoms with van der Waals surface area (Å²) in [6.07, 6.45) is 3.78. The third-order valence-electron chi connectivity index (χ3n) is 4.79. The molecule has 30 heavy (non-hydrogen) atoms. The topological polar surface area (TPSA) is 70.0 Å². The largest absolute Gasteiger partial charge is 0.357 e. The first-order valence-corrected chi connectivity index (χ1v) is 9.95. The SMILES string of the molecule is CCNC(=NCc1ccccc1Cn1cccn1)NCc1cc2ccccc2[nH]1.I. The van der Waals surface area contributed by atoms with E-state index in [1.165, 1.54) is 16.5 Å². The molecule has 7 heteroatoms. The number of hydrogen-bond donors (Lipinski definition) is 3. The van der Waals surface area contributed by atoms with Crippen molar-refractivity contribution in [2.75, 3.05) is 6.54 Å². The molecule has 2 heterocycles. The zero-order chi connectivity index (χ0) is 19.9. The van der Waals surface area contributed by atoms with E-state index in [9.17, 15) is 0 Å². The predicted molar refractivity (Wildman–Crippen MR) is 133 cm³/mol. The molecule has 0 unspecified atom stereocenters. The van der Waals surface area contributed by atoms with Crippen LogP contribution in [0.4, 0.5) is 0 Å². The van der Waals surface area contributed by atoms with Crippen molar-refractivity contribution >= 4 is 40.8 Å². The van der Waals surface area contributed by atoms with Crippen LogP contribution in [-0.2, 0) is 19.6 Å². The van der Waals surface area contributed by atoms with Crippen molar-refractivity contribution in [1.82, 2.24) is 25.4 Å². The Hall–Kier alpha value is -2.81. The van der Waals surface area contributed by atoms with Gasteiger partial charge >= 0.3 is 0 Å². The van der Waals surface area contributed by atoms with Gasteiger partial charge in [0.25, 0.3) is 0 Å². The van der Waals surface area contributed by atoms with Gasteiger partial charge in [0.05, 0.1) is 19.6 Å². The number of aliphatic imine (C=N–C) groups is 1. The highest BCUT2D eigenvalue weighted by Gasteiger charge is 2.05. The molecule has 0 aliphatic rings. The van der Waals surface area contributed by atoms with Crippen LogP contribution in [0.3, 0.4) is 0 Å². The van der Waals surface area contributed by atoms with Gasteiger partial charge in [0.1, 0.15) is 0 Å². The highest BCUT2D eigenvalue weighted by Crippen LogP contribution is 2.14. The van der Waals surface area contributed by atoms with Crippen LogP contribution in [0.1, 0.15) is 23.7 Å². The van der Waals surface area contributed by atoms with Crippen molar-refractivity contribution in [1.29, 1.82) is 0 Å². The predicted octanol–water partition coefficient (Wildman–Crippen LogP) is 4.29. The van der Waals surface area contributed by atoms with Gasteiger partial charge in [-0.05, 0) is 41.6 Å². The lowest BCUT2D eigenvalue weighted by atomic mass is 10.1. The molecular weight excluding hydrogens is 487 g/mol. The van der Waals surface area contributed by atoms with E-state index in [1.807, 2.05) is 23.0 Å². The fourth-order valence-electron chi connectivity index (χ4n) is 3.35. The van der Waals surface area contributed by atoms with Crippen molar-refractivity contribution in [3.63, 3.8) is 0 Å². The summed E-state index contributed by atoms with van der Waals surface area (Å²) in [6.45, 7) is 4.94. The third-order valence-corrected chi connectivity index (χ3v) is 4.79. The van der Waals surface area contributed by atoms with Gasteiger partial charge in [0.15, 0.2) is 5.96 Å². The molecule has 2 aromatic heterocycles. The summed E-state index contributed by atoms with van der Waals surface area (Å²) in [4.78, 5) is 8.24. The number of guanidine groups is 1. The molecule has 0 bridgehead atoms. The molecule has 2 aromatic carbocycles. The number of fused-ring (bicyclic) bond motifs is 1. The third kappa shape index (κ3) is 5.63. The minimum atomic E-state index is 0. The van der Waals surface area contributed by atoms with Crippen LogP contribution >= 0.6 is 24.0 Å². The highest BCUT2D eigenvalue weighted by atomic mass is 127. The number of rotatable bonds is 7. The summed E-state index contributed by atoms with van der Waals surface area (Å²) in [7, 11) is 0. The van der Waals surface area contributed by atoms with E-state index < -0.39 is 0 Å². The lowest BCUT2D eigenvalue weighted by molar-refractivity contribution is 0.680. The Labute approximate surface area is 193 Å². The minimum Gasteiger partial charge on any atom is -0.357 e. The van der Waals surface area contributed by atoms with Crippen LogP contribution in [-0.4, -0.2) is 27.3 Å². The maximum Gasteiger partial charge on any atom is 0.191 e. The molecule has 4 aromatic rings. The molecule has 0 atom stereocenters. The van der Waals surface area contributed by atoms with Gasteiger partial charge in [0, 0.05) is 30.1 Å². The van der Waals surface area contributed by atoms with Gasteiger partial charge in [-0.25, -0.2) is 4.99 Å². The Morgan fingerprint density at radius 1 is 1.03 bits per heavy atom. The summed E-state index contributed by atoms with van der Waals surface area (Å²) in [6, 6.07) is 20.8. The van der Waals surface area contributed by atoms with E-state index in [-0.39, 0.29) is 24.0 Å². The normalized spacial score (nSPS) is 11.3. The summed E-state index contributed by atoms with van der Waals surface area (Å²) in [5.74, 6) is 0.806. The fraction of sp³-hybridized carbons (Fsp3) is 0.217. The van der Waals surface area contributed by atoms with Crippen molar-refractivity contribution < 1.29 is 0 Å². The van der Waals surface area contributed by atoms with Crippen LogP contribution in [0.25, 0.3) is 10.9 Å². The van der Waals surface area contributed by atoms with Gasteiger partial charge in [-0.1, -0.05) is 42.5 Å². The molecule has 156 valence electrons. The number of para-hydroxylation sites is 1. The van der Waals surface area contributed by atoms with Crippen molar-refractivity contribution in [2.24, 2.45) is 4.99 Å². The second-order valence-electron chi connectivity index (χ2n) is 6.90. The first-order valence-electron chi connectivity index (χ1n) is 9.95. The molecular formula is C23H27IN6. The van der Waals surface area contributed by atoms with Gasteiger partial charge in [-0.15, -0.1) is 24.0 Å². The molecule has 0 aliphatic carbocycles. The Morgan fingerprint density at radius 3 is 2.60 bits per heavy atom. The van der Waals surface area contributed by atoms with Crippen LogP contribution < -0.4 is 10.6 Å². The first kappa shape index (κ1) is 21.9. The van der Waals surface area contributed by atoms with E-state index in [0.29, 0.717) is 13.1 Å². The van der Waals surface area contributed by atoms with E-state index >= 15 is 0 Å². The van der Waals surface area contributed by atoms with Gasteiger partial charge < -0.3 is 15.6 Å². The molecule has 0 saturated heterocycles. The van der Waals surface area contributed by atoms with Gasteiger partial charge in [-0.3, -0.25) is 4.68 Å². The van der Waals surface area contributed by atoms with E-state index in [4.69, 9.17) is 4.99 Å². The van der Waals surface area contributed by atoms with E-state index in [2.05, 4.69) is 76.2 Å². The summed E-state index contributed by atoms with van der Waals surface area (Å²) >= 11 is 0. The Bertz CT molecular complexity index is 1050. The molecule has 0 saturated carbocycles. The lowest BCUT2D eigenvalue weighted by Crippen LogP contribution is -2.36. The Kier molecular flexibility index (Phi) is 7.89. The molecule has 0 aliphatic heterocycles. The van der Waals surface area contributed by atoms with Crippen molar-refractivity contribution in [3.8, 4) is 0 Å². The second kappa shape index (κ2) is 10.8. The van der Waals surface area contributed by atoms with E-state index in [0.717, 1.165) is 30.3 Å². The molecule has 0 spiro atoms. The maximum atomic E-state index is 4.79. The van der Waals surface area contributed by atoms with Crippen molar-refractivity contribution in [3.05, 3.63) is 89.9 Å². The van der Waals surface area contributed by atoms with Crippen LogP contribution in [0.5, 0.6) is 0 Å². The number of hydrogen-bond acceptors (Lipinski definition) is 2. The first-order chi connectivity index (χ1) is 14.3. The van der Waals surface area contributed by atoms with Gasteiger partial charge in [0.2, 0.25) is 0 Å². The second-order valence-corrected chi connectivity index (χ2v) is 6.90. The smallest absolute Gasteiger partial charge is 0.191 e. The lowest BCUT2D eigenvalue weighted by Gasteiger charge is -2.12. The highest BCUT2D eigenvalue weighted by molar-refractivity contribution is 14.0. The number of nitrogens with zero attached hydrogens (tertiary/aromatic N) is 3. The number of halogens is 1. The number of H-pyrrole nitrogens is 1. The number of aromatic amines is 1. The standard InChI is InChI=1S/C23H26N6.HI/c1-2-24-23(26-16-21-14-18-8-5-6-11-22(18)28-21)25-15-19-9-3-4-10-20(19)17-29-13-7-12-27-29;/h3-14,28H,2,15-17H2,1H3,(H2,24,25,26);1H. The van der Waals surface area contributed by atoms with Crippen molar-refractivity contribution in [2.45, 2.75) is 26.6 Å². The van der Waals surface area contributed by atoms with Gasteiger partial charge in [-0.2, -0.15) is 5.10 Å². The Balaban J connectivity index is 0.00000256. The fourth-order valence-corrected chi connectivity index (χ4v) is 3.35. The number of aromatic nitrogens is 3. The Morgan fingerprint density at radius 2 is 1.83 bits per heavy atom. The maximum absolute atomic E-state index is 4.79. The zero-order valence-corrected chi connectivity index (χ0v) is 19.3. The summed E-state index contributed by atoms with van der Waals surface area (Å²) < 4.78 is 1.93. The summed E-state index contributed by atoms with van der Waals surface area (Å²) in [5, 5.41) is 12.3. The number of benzene rings is 2.